The predicted molar refractivity (Wildman–Crippen MR) is 47.5 cm³/mol. The van der Waals surface area contributed by atoms with Gasteiger partial charge in [0.05, 0.1) is 0 Å². The fraction of sp³-hybridized carbons (Fsp3) is 0.800. The third kappa shape index (κ3) is 1.22. The molecular weight excluding hydrogens is 134 g/mol. The highest BCUT2D eigenvalue weighted by Crippen LogP contribution is 2.33. The lowest BCUT2D eigenvalue weighted by molar-refractivity contribution is 0.263. The van der Waals surface area contributed by atoms with E-state index in [-0.39, 0.29) is 0 Å². The van der Waals surface area contributed by atoms with Gasteiger partial charge in [0.25, 0.3) is 0 Å². The summed E-state index contributed by atoms with van der Waals surface area (Å²) in [4.78, 5) is 2.58. The Labute approximate surface area is 69.1 Å². The van der Waals surface area contributed by atoms with Crippen molar-refractivity contribution in [2.24, 2.45) is 5.92 Å². The van der Waals surface area contributed by atoms with Gasteiger partial charge in [0.15, 0.2) is 0 Å². The molecule has 0 aromatic rings. The fourth-order valence-electron chi connectivity index (χ4n) is 2.20. The van der Waals surface area contributed by atoms with Crippen molar-refractivity contribution in [3.63, 3.8) is 0 Å². The lowest BCUT2D eigenvalue weighted by atomic mass is 10.1. The summed E-state index contributed by atoms with van der Waals surface area (Å²) >= 11 is 0. The first-order valence-corrected chi connectivity index (χ1v) is 4.70. The SMILES string of the molecule is CC(C)N1CC2=CCCC2C1. The van der Waals surface area contributed by atoms with Gasteiger partial charge in [-0.2, -0.15) is 0 Å². The average molecular weight is 151 g/mol. The highest BCUT2D eigenvalue weighted by atomic mass is 15.2. The molecule has 1 atom stereocenters. The zero-order valence-electron chi connectivity index (χ0n) is 7.51. The Bertz CT molecular complexity index is 181. The van der Waals surface area contributed by atoms with Crippen LogP contribution in [0.3, 0.4) is 0 Å². The van der Waals surface area contributed by atoms with E-state index in [0.717, 1.165) is 12.0 Å². The normalized spacial score (nSPS) is 31.2. The monoisotopic (exact) mass is 151 g/mol. The summed E-state index contributed by atoms with van der Waals surface area (Å²) in [5.74, 6) is 0.928. The molecule has 0 saturated carbocycles. The lowest BCUT2D eigenvalue weighted by Gasteiger charge is -2.19. The minimum absolute atomic E-state index is 0.737. The van der Waals surface area contributed by atoms with E-state index in [1.54, 1.807) is 5.57 Å². The van der Waals surface area contributed by atoms with Crippen molar-refractivity contribution in [3.8, 4) is 0 Å². The molecular formula is C10H17N. The molecule has 0 amide bonds. The number of allylic oxidation sites excluding steroid dienone is 1. The van der Waals surface area contributed by atoms with E-state index in [4.69, 9.17) is 0 Å². The van der Waals surface area contributed by atoms with Gasteiger partial charge in [0.2, 0.25) is 0 Å². The quantitative estimate of drug-likeness (QED) is 0.518. The van der Waals surface area contributed by atoms with Crippen molar-refractivity contribution in [1.29, 1.82) is 0 Å². The first kappa shape index (κ1) is 7.35. The van der Waals surface area contributed by atoms with Crippen molar-refractivity contribution >= 4 is 0 Å². The molecule has 0 radical (unpaired) electrons. The molecule has 2 rings (SSSR count). The number of hydrogen-bond acceptors (Lipinski definition) is 1. The molecule has 1 aliphatic carbocycles. The van der Waals surface area contributed by atoms with Crippen molar-refractivity contribution in [2.45, 2.75) is 32.7 Å². The molecule has 0 N–H and O–H groups in total. The third-order valence-electron chi connectivity index (χ3n) is 3.02. The Morgan fingerprint density at radius 3 is 3.00 bits per heavy atom. The molecule has 62 valence electrons. The summed E-state index contributed by atoms with van der Waals surface area (Å²) in [6.07, 6.45) is 5.21. The number of fused-ring (bicyclic) bond motifs is 1. The Balaban J connectivity index is 2.03. The molecule has 1 heterocycles. The molecule has 1 unspecified atom stereocenters. The highest BCUT2D eigenvalue weighted by Gasteiger charge is 2.30. The number of hydrogen-bond donors (Lipinski definition) is 0. The minimum atomic E-state index is 0.737. The van der Waals surface area contributed by atoms with Gasteiger partial charge in [-0.3, -0.25) is 4.90 Å². The van der Waals surface area contributed by atoms with E-state index in [1.165, 1.54) is 25.9 Å². The van der Waals surface area contributed by atoms with E-state index in [2.05, 4.69) is 24.8 Å². The van der Waals surface area contributed by atoms with Crippen molar-refractivity contribution in [2.75, 3.05) is 13.1 Å². The van der Waals surface area contributed by atoms with Crippen LogP contribution in [0.5, 0.6) is 0 Å². The maximum absolute atomic E-state index is 2.58. The fourth-order valence-corrected chi connectivity index (χ4v) is 2.20. The summed E-state index contributed by atoms with van der Waals surface area (Å²) in [5, 5.41) is 0. The van der Waals surface area contributed by atoms with Gasteiger partial charge >= 0.3 is 0 Å². The molecule has 0 aromatic heterocycles. The highest BCUT2D eigenvalue weighted by molar-refractivity contribution is 5.19. The Kier molecular flexibility index (Phi) is 1.76. The standard InChI is InChI=1S/C10H17N/c1-8(2)11-6-9-4-3-5-10(9)7-11/h4,8,10H,3,5-7H2,1-2H3. The van der Waals surface area contributed by atoms with Gasteiger partial charge in [-0.25, -0.2) is 0 Å². The summed E-state index contributed by atoms with van der Waals surface area (Å²) in [7, 11) is 0. The smallest absolute Gasteiger partial charge is 0.0199 e. The Hall–Kier alpha value is -0.300. The first-order valence-electron chi connectivity index (χ1n) is 4.70. The van der Waals surface area contributed by atoms with Crippen LogP contribution in [-0.4, -0.2) is 24.0 Å². The van der Waals surface area contributed by atoms with Crippen LogP contribution in [0.2, 0.25) is 0 Å². The van der Waals surface area contributed by atoms with Crippen molar-refractivity contribution in [3.05, 3.63) is 11.6 Å². The van der Waals surface area contributed by atoms with Crippen LogP contribution >= 0.6 is 0 Å². The molecule has 1 saturated heterocycles. The van der Waals surface area contributed by atoms with Gasteiger partial charge in [-0.05, 0) is 32.6 Å². The molecule has 2 aliphatic rings. The molecule has 1 fully saturated rings. The lowest BCUT2D eigenvalue weighted by Crippen LogP contribution is -2.28. The second-order valence-corrected chi connectivity index (χ2v) is 4.08. The van der Waals surface area contributed by atoms with Crippen molar-refractivity contribution < 1.29 is 0 Å². The van der Waals surface area contributed by atoms with Gasteiger partial charge < -0.3 is 0 Å². The van der Waals surface area contributed by atoms with E-state index >= 15 is 0 Å². The van der Waals surface area contributed by atoms with Crippen LogP contribution in [0.25, 0.3) is 0 Å². The molecule has 1 aliphatic heterocycles. The third-order valence-corrected chi connectivity index (χ3v) is 3.02. The van der Waals surface area contributed by atoms with E-state index in [9.17, 15) is 0 Å². The van der Waals surface area contributed by atoms with E-state index in [0.29, 0.717) is 0 Å². The van der Waals surface area contributed by atoms with Crippen LogP contribution < -0.4 is 0 Å². The maximum Gasteiger partial charge on any atom is 0.0199 e. The zero-order valence-corrected chi connectivity index (χ0v) is 7.51. The molecule has 0 aromatic carbocycles. The Morgan fingerprint density at radius 2 is 2.36 bits per heavy atom. The predicted octanol–water partition coefficient (Wildman–Crippen LogP) is 2.05. The molecule has 0 spiro atoms. The van der Waals surface area contributed by atoms with Crippen LogP contribution in [0, 0.1) is 5.92 Å². The van der Waals surface area contributed by atoms with E-state index < -0.39 is 0 Å². The molecule has 1 heteroatoms. The van der Waals surface area contributed by atoms with E-state index in [1.807, 2.05) is 0 Å². The number of likely N-dealkylation sites (tertiary alicyclic amines) is 1. The van der Waals surface area contributed by atoms with Crippen LogP contribution in [-0.2, 0) is 0 Å². The molecule has 11 heavy (non-hydrogen) atoms. The Morgan fingerprint density at radius 1 is 1.55 bits per heavy atom. The summed E-state index contributed by atoms with van der Waals surface area (Å²) in [6, 6.07) is 0.737. The molecule has 1 nitrogen and oxygen atoms in total. The van der Waals surface area contributed by atoms with Crippen LogP contribution in [0.15, 0.2) is 11.6 Å². The van der Waals surface area contributed by atoms with Gasteiger partial charge in [0.1, 0.15) is 0 Å². The second kappa shape index (κ2) is 2.63. The first-order chi connectivity index (χ1) is 5.27. The minimum Gasteiger partial charge on any atom is -0.296 e. The van der Waals surface area contributed by atoms with Gasteiger partial charge in [-0.1, -0.05) is 11.6 Å². The largest absolute Gasteiger partial charge is 0.296 e. The summed E-state index contributed by atoms with van der Waals surface area (Å²) in [6.45, 7) is 7.16. The average Bonchev–Trinajstić information content (AvgIpc) is 2.40. The van der Waals surface area contributed by atoms with Crippen LogP contribution in [0.4, 0.5) is 0 Å². The zero-order chi connectivity index (χ0) is 7.84. The summed E-state index contributed by atoms with van der Waals surface area (Å²) in [5.41, 5.74) is 1.72. The van der Waals surface area contributed by atoms with Crippen LogP contribution in [0.1, 0.15) is 26.7 Å². The topological polar surface area (TPSA) is 3.24 Å². The maximum atomic E-state index is 2.58. The number of rotatable bonds is 1. The van der Waals surface area contributed by atoms with Crippen molar-refractivity contribution in [1.82, 2.24) is 4.90 Å². The second-order valence-electron chi connectivity index (χ2n) is 4.08. The number of nitrogens with zero attached hydrogens (tertiary/aromatic N) is 1. The van der Waals surface area contributed by atoms with Gasteiger partial charge in [0, 0.05) is 19.1 Å². The molecule has 0 bridgehead atoms. The van der Waals surface area contributed by atoms with Gasteiger partial charge in [-0.15, -0.1) is 0 Å². The summed E-state index contributed by atoms with van der Waals surface area (Å²) < 4.78 is 0.